The van der Waals surface area contributed by atoms with E-state index in [1.807, 2.05) is 85.2 Å². The van der Waals surface area contributed by atoms with Crippen LogP contribution in [-0.4, -0.2) is 21.9 Å². The SMILES string of the molecule is CC.CCCCCSC1=C(SCCCCC)SC(=C2Sc3cn(-c4ccc(C(=N)N)cc4)cc3S2)S1. The summed E-state index contributed by atoms with van der Waals surface area (Å²) in [5, 5.41) is 7.58. The van der Waals surface area contributed by atoms with Crippen molar-refractivity contribution in [3.63, 3.8) is 0 Å². The summed E-state index contributed by atoms with van der Waals surface area (Å²) >= 11 is 11.9. The molecule has 2 aliphatic rings. The van der Waals surface area contributed by atoms with Gasteiger partial charge in [0.1, 0.15) is 5.84 Å². The summed E-state index contributed by atoms with van der Waals surface area (Å²) < 4.78 is 8.11. The van der Waals surface area contributed by atoms with Gasteiger partial charge in [-0.25, -0.2) is 0 Å². The van der Waals surface area contributed by atoms with E-state index >= 15 is 0 Å². The van der Waals surface area contributed by atoms with E-state index in [2.05, 4.69) is 54.3 Å². The van der Waals surface area contributed by atoms with Gasteiger partial charge in [-0.15, -0.1) is 23.5 Å². The first-order chi connectivity index (χ1) is 17.6. The molecule has 2 aliphatic heterocycles. The molecule has 0 bridgehead atoms. The third-order valence-corrected chi connectivity index (χ3v) is 14.0. The van der Waals surface area contributed by atoms with Crippen molar-refractivity contribution in [3.05, 3.63) is 59.2 Å². The Labute approximate surface area is 242 Å². The number of thioether (sulfide) groups is 6. The molecule has 1 aromatic heterocycles. The molecule has 0 saturated carbocycles. The fourth-order valence-corrected chi connectivity index (χ4v) is 12.2. The van der Waals surface area contributed by atoms with Gasteiger partial charge in [-0.3, -0.25) is 5.41 Å². The Balaban J connectivity index is 0.00000176. The van der Waals surface area contributed by atoms with E-state index in [0.717, 1.165) is 11.3 Å². The average Bonchev–Trinajstić information content (AvgIpc) is 3.59. The van der Waals surface area contributed by atoms with Gasteiger partial charge in [-0.05, 0) is 48.6 Å². The van der Waals surface area contributed by atoms with E-state index < -0.39 is 0 Å². The molecule has 36 heavy (non-hydrogen) atoms. The van der Waals surface area contributed by atoms with E-state index in [1.54, 1.807) is 0 Å². The molecule has 4 rings (SSSR count). The van der Waals surface area contributed by atoms with Crippen molar-refractivity contribution in [2.24, 2.45) is 5.73 Å². The number of nitrogens with zero attached hydrogens (tertiary/aromatic N) is 1. The van der Waals surface area contributed by atoms with Crippen LogP contribution in [0.4, 0.5) is 0 Å². The highest BCUT2D eigenvalue weighted by molar-refractivity contribution is 8.42. The molecule has 0 amide bonds. The average molecular weight is 596 g/mol. The van der Waals surface area contributed by atoms with Crippen LogP contribution in [0.15, 0.2) is 63.4 Å². The third kappa shape index (κ3) is 8.27. The number of fused-ring (bicyclic) bond motifs is 1. The first kappa shape index (κ1) is 30.1. The normalized spacial score (nSPS) is 14.8. The minimum atomic E-state index is 0.106. The Kier molecular flexibility index (Phi) is 13.2. The summed E-state index contributed by atoms with van der Waals surface area (Å²) in [7, 11) is 0. The van der Waals surface area contributed by atoms with Crippen LogP contribution in [0.1, 0.15) is 71.8 Å². The number of nitrogens with two attached hydrogens (primary N) is 1. The molecule has 0 atom stereocenters. The molecule has 3 nitrogen and oxygen atoms in total. The van der Waals surface area contributed by atoms with Crippen molar-refractivity contribution < 1.29 is 0 Å². The van der Waals surface area contributed by atoms with E-state index in [-0.39, 0.29) is 5.84 Å². The summed E-state index contributed by atoms with van der Waals surface area (Å²) in [6.07, 6.45) is 12.3. The van der Waals surface area contributed by atoms with Crippen LogP contribution in [0.2, 0.25) is 0 Å². The van der Waals surface area contributed by atoms with Crippen molar-refractivity contribution in [2.75, 3.05) is 11.5 Å². The summed E-state index contributed by atoms with van der Waals surface area (Å²) in [4.78, 5) is 2.65. The zero-order valence-corrected chi connectivity index (χ0v) is 26.5. The molecule has 3 heterocycles. The number of benzene rings is 1. The second-order valence-electron chi connectivity index (χ2n) is 8.02. The molecular formula is C27H37N3S6. The van der Waals surface area contributed by atoms with Crippen molar-refractivity contribution in [1.29, 1.82) is 5.41 Å². The number of nitrogens with one attached hydrogen (secondary N) is 1. The predicted molar refractivity (Wildman–Crippen MR) is 173 cm³/mol. The van der Waals surface area contributed by atoms with Crippen LogP contribution in [0.5, 0.6) is 0 Å². The van der Waals surface area contributed by atoms with Gasteiger partial charge >= 0.3 is 0 Å². The zero-order valence-electron chi connectivity index (χ0n) is 21.6. The molecule has 1 aromatic carbocycles. The number of hydrogen-bond donors (Lipinski definition) is 2. The molecule has 2 aromatic rings. The van der Waals surface area contributed by atoms with Gasteiger partial charge in [-0.2, -0.15) is 0 Å². The quantitative estimate of drug-likeness (QED) is 0.144. The lowest BCUT2D eigenvalue weighted by Crippen LogP contribution is -2.10. The van der Waals surface area contributed by atoms with Gasteiger partial charge in [0.15, 0.2) is 0 Å². The fraction of sp³-hybridized carbons (Fsp3) is 0.444. The zero-order chi connectivity index (χ0) is 25.9. The Bertz CT molecular complexity index is 1020. The fourth-order valence-electron chi connectivity index (χ4n) is 3.40. The number of hydrogen-bond acceptors (Lipinski definition) is 7. The highest BCUT2D eigenvalue weighted by Crippen LogP contribution is 2.64. The van der Waals surface area contributed by atoms with Crippen LogP contribution < -0.4 is 5.73 Å². The molecule has 0 radical (unpaired) electrons. The Morgan fingerprint density at radius 1 is 0.778 bits per heavy atom. The number of aromatic nitrogens is 1. The lowest BCUT2D eigenvalue weighted by atomic mass is 10.2. The molecule has 0 saturated heterocycles. The summed E-state index contributed by atoms with van der Waals surface area (Å²) in [5.74, 6) is 2.56. The highest BCUT2D eigenvalue weighted by atomic mass is 32.3. The second kappa shape index (κ2) is 15.8. The maximum atomic E-state index is 7.58. The van der Waals surface area contributed by atoms with E-state index in [1.165, 1.54) is 76.8 Å². The van der Waals surface area contributed by atoms with Crippen LogP contribution >= 0.6 is 70.6 Å². The molecular weight excluding hydrogens is 559 g/mol. The van der Waals surface area contributed by atoms with Crippen LogP contribution in [0.25, 0.3) is 5.69 Å². The first-order valence-corrected chi connectivity index (χ1v) is 17.9. The lowest BCUT2D eigenvalue weighted by molar-refractivity contribution is 0.779. The predicted octanol–water partition coefficient (Wildman–Crippen LogP) is 10.6. The molecule has 196 valence electrons. The lowest BCUT2D eigenvalue weighted by Gasteiger charge is -2.06. The molecule has 0 spiro atoms. The van der Waals surface area contributed by atoms with Gasteiger partial charge < -0.3 is 10.3 Å². The maximum absolute atomic E-state index is 7.58. The smallest absolute Gasteiger partial charge is 0.122 e. The third-order valence-electron chi connectivity index (χ3n) is 5.30. The van der Waals surface area contributed by atoms with Crippen LogP contribution in [-0.2, 0) is 0 Å². The van der Waals surface area contributed by atoms with Crippen molar-refractivity contribution in [1.82, 2.24) is 4.57 Å². The van der Waals surface area contributed by atoms with Gasteiger partial charge in [0.2, 0.25) is 0 Å². The number of unbranched alkanes of at least 4 members (excludes halogenated alkanes) is 4. The minimum absolute atomic E-state index is 0.106. The first-order valence-electron chi connectivity index (χ1n) is 12.7. The van der Waals surface area contributed by atoms with E-state index in [4.69, 9.17) is 11.1 Å². The summed E-state index contributed by atoms with van der Waals surface area (Å²) in [6, 6.07) is 7.87. The standard InChI is InChI=1S/C25H31N3S6.C2H6/c1-3-5-7-13-29-22-23(30-14-8-6-4-2)34-25(33-22)24-31-19-15-28(16-20(19)32-24)18-11-9-17(10-12-18)21(26)27;1-2/h9-12,15-16H,3-8,13-14H2,1-2H3,(H3,26,27);1-2H3. The van der Waals surface area contributed by atoms with Crippen molar-refractivity contribution >= 4 is 76.4 Å². The van der Waals surface area contributed by atoms with Gasteiger partial charge in [0, 0.05) is 33.4 Å². The van der Waals surface area contributed by atoms with Gasteiger partial charge in [-0.1, -0.05) is 100 Å². The second-order valence-corrected chi connectivity index (χ2v) is 15.4. The van der Waals surface area contributed by atoms with Crippen LogP contribution in [0, 0.1) is 5.41 Å². The minimum Gasteiger partial charge on any atom is -0.384 e. The molecule has 0 unspecified atom stereocenters. The molecule has 0 aliphatic carbocycles. The Hall–Kier alpha value is -0.450. The number of amidine groups is 1. The topological polar surface area (TPSA) is 54.8 Å². The highest BCUT2D eigenvalue weighted by Gasteiger charge is 2.30. The number of rotatable bonds is 12. The maximum Gasteiger partial charge on any atom is 0.122 e. The van der Waals surface area contributed by atoms with Gasteiger partial charge in [0.25, 0.3) is 0 Å². The molecule has 3 N–H and O–H groups in total. The molecule has 9 heteroatoms. The van der Waals surface area contributed by atoms with E-state index in [0.29, 0.717) is 0 Å². The Morgan fingerprint density at radius 2 is 1.25 bits per heavy atom. The van der Waals surface area contributed by atoms with E-state index in [9.17, 15) is 0 Å². The van der Waals surface area contributed by atoms with Crippen molar-refractivity contribution in [3.8, 4) is 5.69 Å². The largest absolute Gasteiger partial charge is 0.384 e. The monoisotopic (exact) mass is 595 g/mol. The van der Waals surface area contributed by atoms with Crippen LogP contribution in [0.3, 0.4) is 0 Å². The van der Waals surface area contributed by atoms with Crippen molar-refractivity contribution in [2.45, 2.75) is 76.0 Å². The summed E-state index contributed by atoms with van der Waals surface area (Å²) in [6.45, 7) is 8.55. The molecule has 0 fully saturated rings. The van der Waals surface area contributed by atoms with Gasteiger partial charge in [0.05, 0.1) is 16.9 Å². The Morgan fingerprint density at radius 3 is 1.69 bits per heavy atom. The number of nitrogen functional groups attached to an aromatic ring is 1. The summed E-state index contributed by atoms with van der Waals surface area (Å²) in [5.41, 5.74) is 7.44.